The first-order valence-corrected chi connectivity index (χ1v) is 7.61. The van der Waals surface area contributed by atoms with Gasteiger partial charge in [-0.3, -0.25) is 4.79 Å². The maximum absolute atomic E-state index is 12.5. The van der Waals surface area contributed by atoms with Crippen molar-refractivity contribution in [3.05, 3.63) is 83.1 Å². The molecular weight excluding hydrogens is 310 g/mol. The number of hydrogen-bond acceptors (Lipinski definition) is 2. The fraction of sp³-hybridized carbons (Fsp3) is 0.111. The van der Waals surface area contributed by atoms with Crippen molar-refractivity contribution in [3.8, 4) is 5.69 Å². The average Bonchev–Trinajstić information content (AvgIpc) is 3.05. The van der Waals surface area contributed by atoms with Crippen molar-refractivity contribution in [1.29, 1.82) is 0 Å². The molecular formula is C18H16ClN3O. The second-order valence-electron chi connectivity index (χ2n) is 5.30. The molecule has 116 valence electrons. The third kappa shape index (κ3) is 3.60. The summed E-state index contributed by atoms with van der Waals surface area (Å²) in [6.07, 6.45) is 3.31. The molecule has 0 radical (unpaired) electrons. The Balaban J connectivity index is 1.74. The number of aromatic nitrogens is 2. The third-order valence-electron chi connectivity index (χ3n) is 3.53. The molecule has 0 saturated carbocycles. The lowest BCUT2D eigenvalue weighted by atomic mass is 10.2. The molecule has 2 aromatic carbocycles. The first kappa shape index (κ1) is 15.3. The topological polar surface area (TPSA) is 38.1 Å². The number of nitrogens with zero attached hydrogens (tertiary/aromatic N) is 3. The number of amides is 1. The van der Waals surface area contributed by atoms with Crippen molar-refractivity contribution in [1.82, 2.24) is 14.7 Å². The lowest BCUT2D eigenvalue weighted by Gasteiger charge is -2.16. The van der Waals surface area contributed by atoms with Crippen LogP contribution in [-0.2, 0) is 6.54 Å². The molecule has 5 heteroatoms. The number of carbonyl (C=O) groups excluding carboxylic acids is 1. The van der Waals surface area contributed by atoms with Gasteiger partial charge in [-0.25, -0.2) is 4.68 Å². The smallest absolute Gasteiger partial charge is 0.257 e. The molecule has 0 aliphatic heterocycles. The van der Waals surface area contributed by atoms with Gasteiger partial charge in [0.05, 0.1) is 17.4 Å². The van der Waals surface area contributed by atoms with E-state index in [0.29, 0.717) is 17.1 Å². The molecule has 3 rings (SSSR count). The van der Waals surface area contributed by atoms with Crippen LogP contribution in [0.2, 0.25) is 5.02 Å². The molecule has 1 heterocycles. The predicted molar refractivity (Wildman–Crippen MR) is 90.8 cm³/mol. The third-order valence-corrected chi connectivity index (χ3v) is 3.78. The molecule has 0 saturated heterocycles. The van der Waals surface area contributed by atoms with Crippen molar-refractivity contribution in [2.75, 3.05) is 7.05 Å². The highest BCUT2D eigenvalue weighted by Gasteiger charge is 2.14. The monoisotopic (exact) mass is 325 g/mol. The summed E-state index contributed by atoms with van der Waals surface area (Å²) in [6, 6.07) is 17.2. The van der Waals surface area contributed by atoms with Gasteiger partial charge in [-0.05, 0) is 29.8 Å². The Labute approximate surface area is 139 Å². The van der Waals surface area contributed by atoms with E-state index in [2.05, 4.69) is 5.10 Å². The van der Waals surface area contributed by atoms with E-state index in [0.717, 1.165) is 11.3 Å². The minimum absolute atomic E-state index is 0.0610. The first-order valence-electron chi connectivity index (χ1n) is 7.23. The molecule has 0 N–H and O–H groups in total. The van der Waals surface area contributed by atoms with E-state index in [1.807, 2.05) is 42.5 Å². The number of benzene rings is 2. The molecule has 0 aliphatic carbocycles. The number of hydrogen-bond donors (Lipinski definition) is 0. The van der Waals surface area contributed by atoms with E-state index in [1.165, 1.54) is 0 Å². The first-order chi connectivity index (χ1) is 11.1. The van der Waals surface area contributed by atoms with Gasteiger partial charge in [-0.1, -0.05) is 41.9 Å². The minimum atomic E-state index is -0.0610. The molecule has 0 spiro atoms. The molecule has 0 aliphatic rings. The van der Waals surface area contributed by atoms with Crippen LogP contribution in [0.25, 0.3) is 5.69 Å². The fourth-order valence-corrected chi connectivity index (χ4v) is 2.44. The van der Waals surface area contributed by atoms with Crippen LogP contribution in [0.3, 0.4) is 0 Å². The van der Waals surface area contributed by atoms with Gasteiger partial charge in [0.25, 0.3) is 5.91 Å². The Bertz CT molecular complexity index is 797. The fourth-order valence-electron chi connectivity index (χ4n) is 2.32. The summed E-state index contributed by atoms with van der Waals surface area (Å²) in [7, 11) is 1.79. The SMILES string of the molecule is CN(Cc1ccccc1)C(=O)c1cnn(-c2ccc(Cl)cc2)c1. The summed E-state index contributed by atoms with van der Waals surface area (Å²) < 4.78 is 1.67. The Morgan fingerprint density at radius 1 is 1.13 bits per heavy atom. The van der Waals surface area contributed by atoms with E-state index < -0.39 is 0 Å². The standard InChI is InChI=1S/C18H16ClN3O/c1-21(12-14-5-3-2-4-6-14)18(23)15-11-20-22(13-15)17-9-7-16(19)8-10-17/h2-11,13H,12H2,1H3. The van der Waals surface area contributed by atoms with Gasteiger partial charge in [0.2, 0.25) is 0 Å². The normalized spacial score (nSPS) is 10.5. The van der Waals surface area contributed by atoms with Gasteiger partial charge in [-0.15, -0.1) is 0 Å². The number of halogens is 1. The Kier molecular flexibility index (Phi) is 4.44. The van der Waals surface area contributed by atoms with Crippen molar-refractivity contribution < 1.29 is 4.79 Å². The van der Waals surface area contributed by atoms with Crippen LogP contribution in [0.4, 0.5) is 0 Å². The van der Waals surface area contributed by atoms with Crippen LogP contribution in [0.1, 0.15) is 15.9 Å². The van der Waals surface area contributed by atoms with Gasteiger partial charge < -0.3 is 4.90 Å². The summed E-state index contributed by atoms with van der Waals surface area (Å²) in [5.74, 6) is -0.0610. The predicted octanol–water partition coefficient (Wildman–Crippen LogP) is 3.80. The van der Waals surface area contributed by atoms with Crippen molar-refractivity contribution in [3.63, 3.8) is 0 Å². The van der Waals surface area contributed by atoms with Gasteiger partial charge in [0.15, 0.2) is 0 Å². The van der Waals surface area contributed by atoms with Gasteiger partial charge in [0, 0.05) is 24.8 Å². The van der Waals surface area contributed by atoms with Crippen LogP contribution < -0.4 is 0 Å². The quantitative estimate of drug-likeness (QED) is 0.732. The van der Waals surface area contributed by atoms with Gasteiger partial charge in [0.1, 0.15) is 0 Å². The highest BCUT2D eigenvalue weighted by molar-refractivity contribution is 6.30. The van der Waals surface area contributed by atoms with Crippen LogP contribution >= 0.6 is 11.6 Å². The van der Waals surface area contributed by atoms with Crippen molar-refractivity contribution in [2.45, 2.75) is 6.54 Å². The molecule has 3 aromatic rings. The number of rotatable bonds is 4. The molecule has 4 nitrogen and oxygen atoms in total. The summed E-state index contributed by atoms with van der Waals surface area (Å²) in [5, 5.41) is 4.92. The van der Waals surface area contributed by atoms with Gasteiger partial charge >= 0.3 is 0 Å². The maximum atomic E-state index is 12.5. The second kappa shape index (κ2) is 6.67. The van der Waals surface area contributed by atoms with Gasteiger partial charge in [-0.2, -0.15) is 5.10 Å². The highest BCUT2D eigenvalue weighted by Crippen LogP contribution is 2.14. The van der Waals surface area contributed by atoms with E-state index in [1.54, 1.807) is 41.2 Å². The second-order valence-corrected chi connectivity index (χ2v) is 5.73. The molecule has 1 amide bonds. The molecule has 23 heavy (non-hydrogen) atoms. The zero-order valence-electron chi connectivity index (χ0n) is 12.7. The van der Waals surface area contributed by atoms with E-state index >= 15 is 0 Å². The van der Waals surface area contributed by atoms with Crippen molar-refractivity contribution in [2.24, 2.45) is 0 Å². The lowest BCUT2D eigenvalue weighted by Crippen LogP contribution is -2.25. The summed E-state index contributed by atoms with van der Waals surface area (Å²) in [4.78, 5) is 14.2. The molecule has 0 atom stereocenters. The number of carbonyl (C=O) groups is 1. The van der Waals surface area contributed by atoms with Crippen molar-refractivity contribution >= 4 is 17.5 Å². The Hall–Kier alpha value is -2.59. The van der Waals surface area contributed by atoms with Crippen LogP contribution in [0.15, 0.2) is 67.0 Å². The molecule has 0 unspecified atom stereocenters. The summed E-state index contributed by atoms with van der Waals surface area (Å²) in [6.45, 7) is 0.561. The molecule has 0 fully saturated rings. The summed E-state index contributed by atoms with van der Waals surface area (Å²) >= 11 is 5.88. The zero-order chi connectivity index (χ0) is 16.2. The Morgan fingerprint density at radius 2 is 1.83 bits per heavy atom. The van der Waals surface area contributed by atoms with E-state index in [9.17, 15) is 4.79 Å². The van der Waals surface area contributed by atoms with Crippen LogP contribution in [0, 0.1) is 0 Å². The van der Waals surface area contributed by atoms with Crippen LogP contribution in [-0.4, -0.2) is 27.6 Å². The van der Waals surface area contributed by atoms with Crippen LogP contribution in [0.5, 0.6) is 0 Å². The average molecular weight is 326 g/mol. The maximum Gasteiger partial charge on any atom is 0.257 e. The molecule has 0 bridgehead atoms. The highest BCUT2D eigenvalue weighted by atomic mass is 35.5. The summed E-state index contributed by atoms with van der Waals surface area (Å²) in [5.41, 5.74) is 2.51. The van der Waals surface area contributed by atoms with E-state index in [-0.39, 0.29) is 5.91 Å². The van der Waals surface area contributed by atoms with E-state index in [4.69, 9.17) is 11.6 Å². The largest absolute Gasteiger partial charge is 0.337 e. The lowest BCUT2D eigenvalue weighted by molar-refractivity contribution is 0.0785. The molecule has 1 aromatic heterocycles. The Morgan fingerprint density at radius 3 is 2.52 bits per heavy atom. The zero-order valence-corrected chi connectivity index (χ0v) is 13.4. The minimum Gasteiger partial charge on any atom is -0.337 e.